The van der Waals surface area contributed by atoms with Gasteiger partial charge in [0.2, 0.25) is 5.82 Å². The second kappa shape index (κ2) is 8.86. The summed E-state index contributed by atoms with van der Waals surface area (Å²) in [5, 5.41) is 8.67. The number of benzene rings is 1. The number of hydrogen-bond donors (Lipinski definition) is 0. The normalized spacial score (nSPS) is 21.0. The maximum atomic E-state index is 13.8. The number of rotatable bonds is 7. The van der Waals surface area contributed by atoms with E-state index in [2.05, 4.69) is 6.92 Å². The number of nitrogens with zero attached hydrogens (tertiary/aromatic N) is 1. The summed E-state index contributed by atoms with van der Waals surface area (Å²) >= 11 is 0. The van der Waals surface area contributed by atoms with E-state index in [1.807, 2.05) is 0 Å². The van der Waals surface area contributed by atoms with Crippen LogP contribution in [0.3, 0.4) is 0 Å². The lowest BCUT2D eigenvalue weighted by Crippen LogP contribution is -2.20. The van der Waals surface area contributed by atoms with Crippen LogP contribution in [0.2, 0.25) is 0 Å². The molecule has 2 rings (SSSR count). The van der Waals surface area contributed by atoms with Crippen molar-refractivity contribution in [3.8, 4) is 11.8 Å². The lowest BCUT2D eigenvalue weighted by molar-refractivity contribution is 0.172. The number of unbranched alkanes of at least 4 members (excludes halogenated alkanes) is 2. The molecule has 4 heteroatoms. The minimum absolute atomic E-state index is 0.0911. The Bertz CT molecular complexity index is 545. The van der Waals surface area contributed by atoms with Crippen LogP contribution >= 0.6 is 0 Å². The molecule has 1 saturated carbocycles. The van der Waals surface area contributed by atoms with Crippen LogP contribution < -0.4 is 4.74 Å². The van der Waals surface area contributed by atoms with Crippen LogP contribution in [0.5, 0.6) is 5.75 Å². The van der Waals surface area contributed by atoms with Crippen LogP contribution in [0.1, 0.15) is 63.9 Å². The molecule has 0 aliphatic heterocycles. The quantitative estimate of drug-likeness (QED) is 0.612. The first kappa shape index (κ1) is 17.7. The van der Waals surface area contributed by atoms with E-state index >= 15 is 0 Å². The van der Waals surface area contributed by atoms with Crippen molar-refractivity contribution in [1.82, 2.24) is 0 Å². The van der Waals surface area contributed by atoms with Crippen LogP contribution in [0, 0.1) is 34.8 Å². The molecule has 1 aliphatic carbocycles. The molecule has 0 amide bonds. The molecule has 1 aliphatic rings. The summed E-state index contributed by atoms with van der Waals surface area (Å²) in [6.07, 6.45) is 9.82. The van der Waals surface area contributed by atoms with E-state index in [1.165, 1.54) is 50.7 Å². The van der Waals surface area contributed by atoms with E-state index in [1.54, 1.807) is 6.07 Å². The number of nitriles is 1. The minimum Gasteiger partial charge on any atom is -0.490 e. The molecule has 126 valence electrons. The van der Waals surface area contributed by atoms with E-state index in [0.717, 1.165) is 18.8 Å². The van der Waals surface area contributed by atoms with E-state index in [9.17, 15) is 8.78 Å². The molecular formula is C19H25F2NO. The van der Waals surface area contributed by atoms with Gasteiger partial charge in [0.25, 0.3) is 0 Å². The summed E-state index contributed by atoms with van der Waals surface area (Å²) in [5.74, 6) is -1.04. The molecule has 0 aromatic heterocycles. The van der Waals surface area contributed by atoms with Crippen LogP contribution in [0.25, 0.3) is 0 Å². The van der Waals surface area contributed by atoms with Crippen LogP contribution in [0.4, 0.5) is 8.78 Å². The maximum Gasteiger partial charge on any atom is 0.201 e. The first-order valence-corrected chi connectivity index (χ1v) is 8.66. The Hall–Kier alpha value is -1.63. The molecule has 1 fully saturated rings. The topological polar surface area (TPSA) is 33.0 Å². The molecular weight excluding hydrogens is 296 g/mol. The fraction of sp³-hybridized carbons (Fsp3) is 0.632. The van der Waals surface area contributed by atoms with Gasteiger partial charge >= 0.3 is 0 Å². The smallest absolute Gasteiger partial charge is 0.201 e. The van der Waals surface area contributed by atoms with Gasteiger partial charge in [-0.3, -0.25) is 0 Å². The first-order valence-electron chi connectivity index (χ1n) is 8.66. The molecule has 0 atom stereocenters. The lowest BCUT2D eigenvalue weighted by atomic mass is 9.80. The summed E-state index contributed by atoms with van der Waals surface area (Å²) in [6, 6.07) is 4.23. The third-order valence-electron chi connectivity index (χ3n) is 4.82. The summed E-state index contributed by atoms with van der Waals surface area (Å²) in [6.45, 7) is 2.64. The molecule has 0 radical (unpaired) electrons. The predicted octanol–water partition coefficient (Wildman–Crippen LogP) is 5.60. The Morgan fingerprint density at radius 3 is 2.43 bits per heavy atom. The number of hydrogen-bond acceptors (Lipinski definition) is 2. The van der Waals surface area contributed by atoms with Gasteiger partial charge in [-0.15, -0.1) is 0 Å². The number of halogens is 2. The highest BCUT2D eigenvalue weighted by Gasteiger charge is 2.22. The molecule has 23 heavy (non-hydrogen) atoms. The van der Waals surface area contributed by atoms with Crippen LogP contribution in [-0.2, 0) is 0 Å². The monoisotopic (exact) mass is 321 g/mol. The summed E-state index contributed by atoms with van der Waals surface area (Å²) < 4.78 is 32.8. The fourth-order valence-electron chi connectivity index (χ4n) is 3.31. The largest absolute Gasteiger partial charge is 0.490 e. The van der Waals surface area contributed by atoms with Gasteiger partial charge < -0.3 is 4.74 Å². The zero-order valence-electron chi connectivity index (χ0n) is 13.8. The molecule has 1 aromatic rings. The highest BCUT2D eigenvalue weighted by Crippen LogP contribution is 2.33. The van der Waals surface area contributed by atoms with Crippen molar-refractivity contribution in [2.45, 2.75) is 58.3 Å². The number of ether oxygens (including phenoxy) is 1. The van der Waals surface area contributed by atoms with Crippen LogP contribution in [-0.4, -0.2) is 6.61 Å². The molecule has 0 unspecified atom stereocenters. The minimum atomic E-state index is -1.12. The van der Waals surface area contributed by atoms with E-state index in [4.69, 9.17) is 10.00 Å². The standard InChI is InChI=1S/C19H25F2NO/c1-2-3-4-5-14-6-8-15(9-7-14)13-23-17-11-10-16(12-22)18(20)19(17)21/h10-11,14-15H,2-9,13H2,1H3/t14-,15-. The SMILES string of the molecule is CCCCC[C@H]1CC[C@H](COc2ccc(C#N)c(F)c2F)CC1. The lowest BCUT2D eigenvalue weighted by Gasteiger charge is -2.28. The molecule has 0 spiro atoms. The highest BCUT2D eigenvalue weighted by atomic mass is 19.2. The Labute approximate surface area is 137 Å². The van der Waals surface area contributed by atoms with E-state index < -0.39 is 11.6 Å². The van der Waals surface area contributed by atoms with E-state index in [0.29, 0.717) is 12.5 Å². The van der Waals surface area contributed by atoms with Crippen molar-refractivity contribution in [2.24, 2.45) is 11.8 Å². The van der Waals surface area contributed by atoms with Gasteiger partial charge in [0, 0.05) is 0 Å². The van der Waals surface area contributed by atoms with Crippen molar-refractivity contribution < 1.29 is 13.5 Å². The fourth-order valence-corrected chi connectivity index (χ4v) is 3.31. The predicted molar refractivity (Wildman–Crippen MR) is 86.2 cm³/mol. The average molecular weight is 321 g/mol. The zero-order chi connectivity index (χ0) is 16.7. The third kappa shape index (κ3) is 4.92. The second-order valence-corrected chi connectivity index (χ2v) is 6.54. The Morgan fingerprint density at radius 2 is 1.78 bits per heavy atom. The van der Waals surface area contributed by atoms with Crippen LogP contribution in [0.15, 0.2) is 12.1 Å². The molecule has 1 aromatic carbocycles. The molecule has 0 heterocycles. The summed E-state index contributed by atoms with van der Waals surface area (Å²) in [5.41, 5.74) is -0.289. The van der Waals surface area contributed by atoms with Gasteiger partial charge in [-0.05, 0) is 36.8 Å². The van der Waals surface area contributed by atoms with Gasteiger partial charge in [0.15, 0.2) is 11.6 Å². The molecule has 0 bridgehead atoms. The maximum absolute atomic E-state index is 13.8. The molecule has 0 saturated heterocycles. The Morgan fingerprint density at radius 1 is 1.09 bits per heavy atom. The highest BCUT2D eigenvalue weighted by molar-refractivity contribution is 5.37. The van der Waals surface area contributed by atoms with Gasteiger partial charge in [0.05, 0.1) is 12.2 Å². The Balaban J connectivity index is 1.78. The third-order valence-corrected chi connectivity index (χ3v) is 4.82. The van der Waals surface area contributed by atoms with E-state index in [-0.39, 0.29) is 11.3 Å². The summed E-state index contributed by atoms with van der Waals surface area (Å²) in [7, 11) is 0. The van der Waals surface area contributed by atoms with Gasteiger partial charge in [-0.1, -0.05) is 45.4 Å². The van der Waals surface area contributed by atoms with Crippen molar-refractivity contribution in [3.63, 3.8) is 0 Å². The zero-order valence-corrected chi connectivity index (χ0v) is 13.8. The Kier molecular flexibility index (Phi) is 6.83. The molecule has 2 nitrogen and oxygen atoms in total. The van der Waals surface area contributed by atoms with Crippen molar-refractivity contribution in [1.29, 1.82) is 5.26 Å². The second-order valence-electron chi connectivity index (χ2n) is 6.54. The molecule has 0 N–H and O–H groups in total. The van der Waals surface area contributed by atoms with Crippen molar-refractivity contribution in [2.75, 3.05) is 6.61 Å². The van der Waals surface area contributed by atoms with Gasteiger partial charge in [-0.25, -0.2) is 4.39 Å². The average Bonchev–Trinajstić information content (AvgIpc) is 2.58. The first-order chi connectivity index (χ1) is 11.2. The van der Waals surface area contributed by atoms with Crippen molar-refractivity contribution in [3.05, 3.63) is 29.3 Å². The summed E-state index contributed by atoms with van der Waals surface area (Å²) in [4.78, 5) is 0. The van der Waals surface area contributed by atoms with Crippen molar-refractivity contribution >= 4 is 0 Å². The van der Waals surface area contributed by atoms with Gasteiger partial charge in [-0.2, -0.15) is 9.65 Å². The van der Waals surface area contributed by atoms with Gasteiger partial charge in [0.1, 0.15) is 6.07 Å².